The molecule has 0 saturated heterocycles. The lowest BCUT2D eigenvalue weighted by Crippen LogP contribution is -2.35. The van der Waals surface area contributed by atoms with E-state index in [0.29, 0.717) is 13.2 Å². The molecule has 2 N–H and O–H groups in total. The maximum Gasteiger partial charge on any atom is 0.0897 e. The molecule has 3 aliphatic carbocycles. The fourth-order valence-electron chi connectivity index (χ4n) is 3.78. The van der Waals surface area contributed by atoms with Gasteiger partial charge in [0.1, 0.15) is 0 Å². The van der Waals surface area contributed by atoms with Crippen LogP contribution in [0.5, 0.6) is 0 Å². The minimum Gasteiger partial charge on any atom is -0.389 e. The summed E-state index contributed by atoms with van der Waals surface area (Å²) in [6, 6.07) is 0. The SMILES string of the molecule is OC(CNCC1CC2CCC1C2)COCC1CC1. The predicted molar refractivity (Wildman–Crippen MR) is 71.4 cm³/mol. The van der Waals surface area contributed by atoms with Crippen LogP contribution in [0.2, 0.25) is 0 Å². The van der Waals surface area contributed by atoms with Crippen LogP contribution < -0.4 is 5.32 Å². The van der Waals surface area contributed by atoms with Gasteiger partial charge in [-0.05, 0) is 62.3 Å². The highest BCUT2D eigenvalue weighted by molar-refractivity contribution is 4.90. The summed E-state index contributed by atoms with van der Waals surface area (Å²) in [5.74, 6) is 3.67. The Kier molecular flexibility index (Phi) is 4.22. The van der Waals surface area contributed by atoms with Gasteiger partial charge in [-0.1, -0.05) is 6.42 Å². The first kappa shape index (κ1) is 12.9. The van der Waals surface area contributed by atoms with Gasteiger partial charge >= 0.3 is 0 Å². The summed E-state index contributed by atoms with van der Waals surface area (Å²) in [6.07, 6.45) is 8.12. The normalized spacial score (nSPS) is 36.2. The van der Waals surface area contributed by atoms with Gasteiger partial charge in [0.25, 0.3) is 0 Å². The van der Waals surface area contributed by atoms with Crippen molar-refractivity contribution in [1.82, 2.24) is 5.32 Å². The zero-order valence-corrected chi connectivity index (χ0v) is 11.3. The smallest absolute Gasteiger partial charge is 0.0897 e. The zero-order chi connectivity index (χ0) is 12.4. The molecule has 3 heteroatoms. The molecule has 0 spiro atoms. The molecule has 18 heavy (non-hydrogen) atoms. The lowest BCUT2D eigenvalue weighted by Gasteiger charge is -2.22. The molecule has 3 rings (SSSR count). The van der Waals surface area contributed by atoms with Gasteiger partial charge < -0.3 is 15.2 Å². The zero-order valence-electron chi connectivity index (χ0n) is 11.3. The quantitative estimate of drug-likeness (QED) is 0.693. The van der Waals surface area contributed by atoms with Crippen LogP contribution in [0.1, 0.15) is 38.5 Å². The molecule has 0 aliphatic heterocycles. The third-order valence-corrected chi connectivity index (χ3v) is 5.03. The van der Waals surface area contributed by atoms with Crippen LogP contribution in [0.25, 0.3) is 0 Å². The summed E-state index contributed by atoms with van der Waals surface area (Å²) in [5, 5.41) is 13.2. The number of aliphatic hydroxyl groups excluding tert-OH is 1. The van der Waals surface area contributed by atoms with Gasteiger partial charge in [0.15, 0.2) is 0 Å². The Balaban J connectivity index is 1.23. The third kappa shape index (κ3) is 3.46. The van der Waals surface area contributed by atoms with Gasteiger partial charge in [-0.3, -0.25) is 0 Å². The predicted octanol–water partition coefficient (Wildman–Crippen LogP) is 1.80. The van der Waals surface area contributed by atoms with Crippen molar-refractivity contribution in [2.45, 2.75) is 44.6 Å². The summed E-state index contributed by atoms with van der Waals surface area (Å²) in [5.41, 5.74) is 0. The second-order valence-electron chi connectivity index (χ2n) is 6.73. The fourth-order valence-corrected chi connectivity index (χ4v) is 3.78. The van der Waals surface area contributed by atoms with Crippen molar-refractivity contribution in [3.8, 4) is 0 Å². The molecular weight excluding hydrogens is 226 g/mol. The van der Waals surface area contributed by atoms with E-state index >= 15 is 0 Å². The summed E-state index contributed by atoms with van der Waals surface area (Å²) in [4.78, 5) is 0. The molecule has 4 atom stereocenters. The van der Waals surface area contributed by atoms with E-state index in [1.165, 1.54) is 38.5 Å². The molecule has 2 bridgehead atoms. The molecule has 0 radical (unpaired) electrons. The Morgan fingerprint density at radius 2 is 2.06 bits per heavy atom. The van der Waals surface area contributed by atoms with Crippen LogP contribution in [0.4, 0.5) is 0 Å². The van der Waals surface area contributed by atoms with Crippen LogP contribution in [0.15, 0.2) is 0 Å². The van der Waals surface area contributed by atoms with Crippen molar-refractivity contribution in [2.24, 2.45) is 23.7 Å². The van der Waals surface area contributed by atoms with Crippen molar-refractivity contribution in [3.05, 3.63) is 0 Å². The van der Waals surface area contributed by atoms with Crippen molar-refractivity contribution >= 4 is 0 Å². The van der Waals surface area contributed by atoms with Gasteiger partial charge in [-0.25, -0.2) is 0 Å². The summed E-state index contributed by atoms with van der Waals surface area (Å²) in [6.45, 7) is 3.14. The highest BCUT2D eigenvalue weighted by Crippen LogP contribution is 2.47. The molecule has 4 unspecified atom stereocenters. The Hall–Kier alpha value is -0.120. The standard InChI is InChI=1S/C15H27NO2/c17-15(10-18-9-11-1-2-11)8-16-7-14-6-12-3-4-13(14)5-12/h11-17H,1-10H2. The lowest BCUT2D eigenvalue weighted by atomic mass is 9.89. The number of ether oxygens (including phenoxy) is 1. The number of hydrogen-bond acceptors (Lipinski definition) is 3. The molecule has 104 valence electrons. The van der Waals surface area contributed by atoms with E-state index in [1.807, 2.05) is 0 Å². The largest absolute Gasteiger partial charge is 0.389 e. The van der Waals surface area contributed by atoms with E-state index < -0.39 is 0 Å². The summed E-state index contributed by atoms with van der Waals surface area (Å²) in [7, 11) is 0. The van der Waals surface area contributed by atoms with Gasteiger partial charge in [0.2, 0.25) is 0 Å². The Morgan fingerprint density at radius 1 is 1.17 bits per heavy atom. The first-order valence-corrected chi connectivity index (χ1v) is 7.77. The van der Waals surface area contributed by atoms with Crippen LogP contribution in [0, 0.1) is 23.7 Å². The molecule has 3 nitrogen and oxygen atoms in total. The minimum atomic E-state index is -0.331. The van der Waals surface area contributed by atoms with Gasteiger partial charge in [-0.15, -0.1) is 0 Å². The van der Waals surface area contributed by atoms with Crippen molar-refractivity contribution in [2.75, 3.05) is 26.3 Å². The van der Waals surface area contributed by atoms with Crippen molar-refractivity contribution < 1.29 is 9.84 Å². The molecule has 0 aromatic rings. The molecule has 0 aromatic carbocycles. The average Bonchev–Trinajstić information content (AvgIpc) is 2.95. The van der Waals surface area contributed by atoms with Crippen molar-refractivity contribution in [3.63, 3.8) is 0 Å². The number of nitrogens with one attached hydrogen (secondary N) is 1. The first-order chi connectivity index (χ1) is 8.81. The van der Waals surface area contributed by atoms with Gasteiger partial charge in [0, 0.05) is 13.2 Å². The highest BCUT2D eigenvalue weighted by Gasteiger charge is 2.38. The van der Waals surface area contributed by atoms with Crippen LogP contribution in [0.3, 0.4) is 0 Å². The highest BCUT2D eigenvalue weighted by atomic mass is 16.5. The maximum atomic E-state index is 9.80. The van der Waals surface area contributed by atoms with E-state index in [2.05, 4.69) is 5.32 Å². The van der Waals surface area contributed by atoms with E-state index in [4.69, 9.17) is 4.74 Å². The molecule has 0 heterocycles. The topological polar surface area (TPSA) is 41.5 Å². The molecular formula is C15H27NO2. The van der Waals surface area contributed by atoms with E-state index in [0.717, 1.165) is 36.8 Å². The Bertz CT molecular complexity index is 267. The lowest BCUT2D eigenvalue weighted by molar-refractivity contribution is 0.0319. The second kappa shape index (κ2) is 5.89. The minimum absolute atomic E-state index is 0.331. The van der Waals surface area contributed by atoms with Crippen LogP contribution in [-0.2, 0) is 4.74 Å². The molecule has 0 amide bonds. The monoisotopic (exact) mass is 253 g/mol. The molecule has 3 aliphatic rings. The summed E-state index contributed by atoms with van der Waals surface area (Å²) < 4.78 is 5.50. The van der Waals surface area contributed by atoms with Crippen molar-refractivity contribution in [1.29, 1.82) is 0 Å². The van der Waals surface area contributed by atoms with E-state index in [-0.39, 0.29) is 6.10 Å². The third-order valence-electron chi connectivity index (χ3n) is 5.03. The second-order valence-corrected chi connectivity index (χ2v) is 6.73. The van der Waals surface area contributed by atoms with E-state index in [1.54, 1.807) is 0 Å². The first-order valence-electron chi connectivity index (χ1n) is 7.77. The Labute approximate surface area is 110 Å². The fraction of sp³-hybridized carbons (Fsp3) is 1.00. The van der Waals surface area contributed by atoms with E-state index in [9.17, 15) is 5.11 Å². The number of aliphatic hydroxyl groups is 1. The number of rotatable bonds is 8. The molecule has 3 saturated carbocycles. The van der Waals surface area contributed by atoms with Gasteiger partial charge in [0.05, 0.1) is 12.7 Å². The van der Waals surface area contributed by atoms with Gasteiger partial charge in [-0.2, -0.15) is 0 Å². The van der Waals surface area contributed by atoms with Crippen LogP contribution in [-0.4, -0.2) is 37.5 Å². The average molecular weight is 253 g/mol. The number of fused-ring (bicyclic) bond motifs is 2. The summed E-state index contributed by atoms with van der Waals surface area (Å²) >= 11 is 0. The molecule has 0 aromatic heterocycles. The maximum absolute atomic E-state index is 9.80. The Morgan fingerprint density at radius 3 is 2.72 bits per heavy atom. The van der Waals surface area contributed by atoms with Crippen LogP contribution >= 0.6 is 0 Å². The molecule has 3 fully saturated rings. The number of hydrogen-bond donors (Lipinski definition) is 2.